The molecule has 3 nitrogen and oxygen atoms in total. The summed E-state index contributed by atoms with van der Waals surface area (Å²) < 4.78 is 22.5. The van der Waals surface area contributed by atoms with Gasteiger partial charge in [0.2, 0.25) is 0 Å². The Bertz CT molecular complexity index is 484. The molecule has 2 heterocycles. The van der Waals surface area contributed by atoms with Crippen molar-refractivity contribution in [3.63, 3.8) is 0 Å². The normalized spacial score (nSPS) is 17.4. The van der Waals surface area contributed by atoms with Crippen molar-refractivity contribution in [2.24, 2.45) is 0 Å². The highest BCUT2D eigenvalue weighted by Gasteiger charge is 2.19. The van der Waals surface area contributed by atoms with Gasteiger partial charge >= 0.3 is 0 Å². The Morgan fingerprint density at radius 2 is 2.28 bits per heavy atom. The number of thiophene rings is 1. The SMILES string of the molecule is CNC(CCS(C)(=O)=O)c1cc2c(s1)CCSC2. The van der Waals surface area contributed by atoms with Crippen LogP contribution in [0.15, 0.2) is 6.07 Å². The standard InChI is InChI=1S/C12H19NO2S3/c1-13-10(4-6-18(2,14)15)12-7-9-8-16-5-3-11(9)17-12/h7,10,13H,3-6,8H2,1-2H3. The quantitative estimate of drug-likeness (QED) is 0.906. The van der Waals surface area contributed by atoms with E-state index in [2.05, 4.69) is 11.4 Å². The fraction of sp³-hybridized carbons (Fsp3) is 0.667. The number of hydrogen-bond donors (Lipinski definition) is 1. The summed E-state index contributed by atoms with van der Waals surface area (Å²) in [5.41, 5.74) is 1.45. The molecule has 1 aliphatic heterocycles. The van der Waals surface area contributed by atoms with Crippen LogP contribution in [0.25, 0.3) is 0 Å². The fourth-order valence-electron chi connectivity index (χ4n) is 2.10. The number of thioether (sulfide) groups is 1. The molecule has 0 fully saturated rings. The number of sulfone groups is 1. The average molecular weight is 305 g/mol. The van der Waals surface area contributed by atoms with Crippen LogP contribution < -0.4 is 5.32 Å². The molecule has 0 saturated heterocycles. The molecule has 0 aromatic carbocycles. The predicted octanol–water partition coefficient (Wildman–Crippen LogP) is 2.23. The largest absolute Gasteiger partial charge is 0.312 e. The zero-order valence-corrected chi connectivity index (χ0v) is 13.2. The van der Waals surface area contributed by atoms with Crippen LogP contribution in [-0.2, 0) is 22.0 Å². The number of hydrogen-bond acceptors (Lipinski definition) is 5. The Morgan fingerprint density at radius 1 is 1.50 bits per heavy atom. The molecule has 1 atom stereocenters. The van der Waals surface area contributed by atoms with Crippen molar-refractivity contribution in [2.75, 3.05) is 24.8 Å². The van der Waals surface area contributed by atoms with E-state index in [1.807, 2.05) is 30.1 Å². The molecule has 0 bridgehead atoms. The Morgan fingerprint density at radius 3 is 2.89 bits per heavy atom. The molecule has 0 saturated carbocycles. The summed E-state index contributed by atoms with van der Waals surface area (Å²) >= 11 is 3.83. The Labute approximate surface area is 117 Å². The molecule has 0 aliphatic carbocycles. The lowest BCUT2D eigenvalue weighted by Crippen LogP contribution is -2.18. The van der Waals surface area contributed by atoms with E-state index in [9.17, 15) is 8.42 Å². The molecule has 18 heavy (non-hydrogen) atoms. The molecule has 1 N–H and O–H groups in total. The van der Waals surface area contributed by atoms with E-state index in [0.29, 0.717) is 6.42 Å². The van der Waals surface area contributed by atoms with E-state index in [1.165, 1.54) is 27.3 Å². The molecule has 0 spiro atoms. The molecular formula is C12H19NO2S3. The first kappa shape index (κ1) is 14.4. The third-order valence-electron chi connectivity index (χ3n) is 3.12. The van der Waals surface area contributed by atoms with Gasteiger partial charge in [0.1, 0.15) is 9.84 Å². The topological polar surface area (TPSA) is 46.2 Å². The van der Waals surface area contributed by atoms with Crippen LogP contribution in [0.4, 0.5) is 0 Å². The van der Waals surface area contributed by atoms with Crippen LogP contribution in [0.5, 0.6) is 0 Å². The fourth-order valence-corrected chi connectivity index (χ4v) is 5.29. The summed E-state index contributed by atoms with van der Waals surface area (Å²) in [6.07, 6.45) is 3.12. The van der Waals surface area contributed by atoms with E-state index in [1.54, 1.807) is 0 Å². The Hall–Kier alpha value is -0.0400. The zero-order valence-electron chi connectivity index (χ0n) is 10.7. The van der Waals surface area contributed by atoms with Crippen LogP contribution in [0.3, 0.4) is 0 Å². The molecule has 1 aromatic heterocycles. The number of fused-ring (bicyclic) bond motifs is 1. The maximum atomic E-state index is 11.2. The second-order valence-electron chi connectivity index (χ2n) is 4.66. The molecule has 102 valence electrons. The molecule has 0 amide bonds. The highest BCUT2D eigenvalue weighted by molar-refractivity contribution is 7.98. The molecule has 0 radical (unpaired) electrons. The van der Waals surface area contributed by atoms with Crippen molar-refractivity contribution < 1.29 is 8.42 Å². The molecule has 1 aromatic rings. The minimum Gasteiger partial charge on any atom is -0.312 e. The molecule has 1 aliphatic rings. The predicted molar refractivity (Wildman–Crippen MR) is 80.3 cm³/mol. The molecule has 2 rings (SSSR count). The monoisotopic (exact) mass is 305 g/mol. The van der Waals surface area contributed by atoms with Crippen molar-refractivity contribution in [1.29, 1.82) is 0 Å². The minimum absolute atomic E-state index is 0.167. The summed E-state index contributed by atoms with van der Waals surface area (Å²) in [6, 6.07) is 2.43. The molecule has 1 unspecified atom stereocenters. The van der Waals surface area contributed by atoms with Crippen LogP contribution in [0.1, 0.15) is 27.8 Å². The van der Waals surface area contributed by atoms with Gasteiger partial charge in [-0.25, -0.2) is 8.42 Å². The first-order valence-corrected chi connectivity index (χ1v) is 10.1. The summed E-state index contributed by atoms with van der Waals surface area (Å²) in [5, 5.41) is 3.24. The van der Waals surface area contributed by atoms with Crippen LogP contribution in [-0.4, -0.2) is 33.2 Å². The van der Waals surface area contributed by atoms with Gasteiger partial charge < -0.3 is 5.32 Å². The van der Waals surface area contributed by atoms with Gasteiger partial charge in [0.25, 0.3) is 0 Å². The molecular weight excluding hydrogens is 286 g/mol. The van der Waals surface area contributed by atoms with Gasteiger partial charge in [-0.05, 0) is 37.3 Å². The van der Waals surface area contributed by atoms with Crippen molar-refractivity contribution in [3.8, 4) is 0 Å². The van der Waals surface area contributed by atoms with Crippen LogP contribution in [0.2, 0.25) is 0 Å². The highest BCUT2D eigenvalue weighted by atomic mass is 32.2. The van der Waals surface area contributed by atoms with E-state index in [-0.39, 0.29) is 11.8 Å². The lowest BCUT2D eigenvalue weighted by molar-refractivity contribution is 0.564. The van der Waals surface area contributed by atoms with Crippen LogP contribution in [0, 0.1) is 0 Å². The van der Waals surface area contributed by atoms with Crippen molar-refractivity contribution in [2.45, 2.75) is 24.6 Å². The second kappa shape index (κ2) is 5.94. The van der Waals surface area contributed by atoms with Gasteiger partial charge in [-0.2, -0.15) is 11.8 Å². The van der Waals surface area contributed by atoms with Crippen molar-refractivity contribution >= 4 is 32.9 Å². The van der Waals surface area contributed by atoms with E-state index < -0.39 is 9.84 Å². The van der Waals surface area contributed by atoms with E-state index >= 15 is 0 Å². The third-order valence-corrected chi connectivity index (χ3v) is 6.45. The lowest BCUT2D eigenvalue weighted by Gasteiger charge is -2.13. The Balaban J connectivity index is 2.10. The smallest absolute Gasteiger partial charge is 0.147 e. The Kier molecular flexibility index (Phi) is 4.75. The van der Waals surface area contributed by atoms with Gasteiger partial charge in [-0.15, -0.1) is 11.3 Å². The summed E-state index contributed by atoms with van der Waals surface area (Å²) in [5.74, 6) is 2.56. The van der Waals surface area contributed by atoms with Gasteiger partial charge in [0, 0.05) is 27.8 Å². The average Bonchev–Trinajstić information content (AvgIpc) is 2.71. The maximum Gasteiger partial charge on any atom is 0.147 e. The maximum absolute atomic E-state index is 11.2. The van der Waals surface area contributed by atoms with Gasteiger partial charge in [0.05, 0.1) is 5.75 Å². The minimum atomic E-state index is -2.88. The zero-order chi connectivity index (χ0) is 13.2. The number of nitrogens with one attached hydrogen (secondary N) is 1. The number of aryl methyl sites for hydroxylation is 1. The molecule has 6 heteroatoms. The first-order valence-electron chi connectivity index (χ1n) is 6.04. The highest BCUT2D eigenvalue weighted by Crippen LogP contribution is 2.35. The van der Waals surface area contributed by atoms with E-state index in [0.717, 1.165) is 12.2 Å². The summed E-state index contributed by atoms with van der Waals surface area (Å²) in [4.78, 5) is 2.78. The van der Waals surface area contributed by atoms with Gasteiger partial charge in [-0.1, -0.05) is 0 Å². The second-order valence-corrected chi connectivity index (χ2v) is 9.19. The first-order chi connectivity index (χ1) is 8.49. The van der Waals surface area contributed by atoms with Gasteiger partial charge in [-0.3, -0.25) is 0 Å². The van der Waals surface area contributed by atoms with Crippen molar-refractivity contribution in [1.82, 2.24) is 5.32 Å². The third kappa shape index (κ3) is 3.73. The lowest BCUT2D eigenvalue weighted by atomic mass is 10.1. The number of rotatable bonds is 5. The van der Waals surface area contributed by atoms with E-state index in [4.69, 9.17) is 0 Å². The summed E-state index contributed by atoms with van der Waals surface area (Å²) in [7, 11) is -0.976. The van der Waals surface area contributed by atoms with Gasteiger partial charge in [0.15, 0.2) is 0 Å². The van der Waals surface area contributed by atoms with Crippen molar-refractivity contribution in [3.05, 3.63) is 21.4 Å². The summed E-state index contributed by atoms with van der Waals surface area (Å²) in [6.45, 7) is 0. The van der Waals surface area contributed by atoms with Crippen LogP contribution >= 0.6 is 23.1 Å².